The van der Waals surface area contributed by atoms with E-state index >= 15 is 0 Å². The summed E-state index contributed by atoms with van der Waals surface area (Å²) in [6, 6.07) is 0. The van der Waals surface area contributed by atoms with Crippen LogP contribution in [0.5, 0.6) is 0 Å². The van der Waals surface area contributed by atoms with Crippen LogP contribution in [0.2, 0.25) is 0 Å². The molecule has 0 aromatic carbocycles. The van der Waals surface area contributed by atoms with E-state index in [-0.39, 0.29) is 5.29 Å². The fraction of sp³-hybridized carbons (Fsp3) is 0.286. The van der Waals surface area contributed by atoms with Gasteiger partial charge in [-0.05, 0) is 23.6 Å². The first kappa shape index (κ1) is 10.5. The lowest BCUT2D eigenvalue weighted by atomic mass is 10.2. The van der Waals surface area contributed by atoms with Crippen molar-refractivity contribution in [2.45, 2.75) is 6.42 Å². The molecule has 11 heavy (non-hydrogen) atoms. The van der Waals surface area contributed by atoms with Gasteiger partial charge in [-0.1, -0.05) is 6.08 Å². The molecule has 0 saturated carbocycles. The fourth-order valence-electron chi connectivity index (χ4n) is 0.480. The Morgan fingerprint density at radius 3 is 2.64 bits per heavy atom. The Labute approximate surface area is 76.4 Å². The highest BCUT2D eigenvalue weighted by Crippen LogP contribution is 2.04. The summed E-state index contributed by atoms with van der Waals surface area (Å²) in [6.07, 6.45) is 4.00. The standard InChI is InChI=1S/C7H10Cl2N2/c1-2-3-6(4-8)5-11-7(9)10/h2,5H,1,3-4H2,(H2,10,11)/b6-5-. The van der Waals surface area contributed by atoms with Crippen LogP contribution in [0.4, 0.5) is 0 Å². The first-order valence-electron chi connectivity index (χ1n) is 3.04. The molecule has 0 unspecified atom stereocenters. The molecule has 0 aromatic heterocycles. The SMILES string of the molecule is C=CC/C(=C/N=C(N)Cl)CCl. The highest BCUT2D eigenvalue weighted by atomic mass is 35.5. The van der Waals surface area contributed by atoms with Crippen molar-refractivity contribution in [3.8, 4) is 0 Å². The van der Waals surface area contributed by atoms with Crippen LogP contribution in [-0.2, 0) is 0 Å². The third-order valence-electron chi connectivity index (χ3n) is 0.949. The topological polar surface area (TPSA) is 38.4 Å². The second-order valence-corrected chi connectivity index (χ2v) is 2.52. The highest BCUT2D eigenvalue weighted by molar-refractivity contribution is 6.64. The first-order valence-corrected chi connectivity index (χ1v) is 3.95. The molecule has 0 fully saturated rings. The number of halogens is 2. The molecule has 2 N–H and O–H groups in total. The number of hydrogen-bond acceptors (Lipinski definition) is 1. The Kier molecular flexibility index (Phi) is 5.99. The number of nitrogens with two attached hydrogens (primary N) is 1. The van der Waals surface area contributed by atoms with Crippen molar-refractivity contribution in [2.75, 3.05) is 5.88 Å². The van der Waals surface area contributed by atoms with Gasteiger partial charge >= 0.3 is 0 Å². The maximum atomic E-state index is 5.56. The van der Waals surface area contributed by atoms with Gasteiger partial charge in [-0.15, -0.1) is 18.2 Å². The minimum Gasteiger partial charge on any atom is -0.374 e. The van der Waals surface area contributed by atoms with E-state index in [1.807, 2.05) is 0 Å². The molecule has 0 aliphatic carbocycles. The molecule has 0 aromatic rings. The third kappa shape index (κ3) is 5.95. The smallest absolute Gasteiger partial charge is 0.193 e. The van der Waals surface area contributed by atoms with Crippen molar-refractivity contribution >= 4 is 28.5 Å². The predicted octanol–water partition coefficient (Wildman–Crippen LogP) is 2.24. The Balaban J connectivity index is 4.11. The van der Waals surface area contributed by atoms with Crippen LogP contribution in [-0.4, -0.2) is 11.2 Å². The van der Waals surface area contributed by atoms with Crippen molar-refractivity contribution in [1.29, 1.82) is 0 Å². The van der Waals surface area contributed by atoms with Crippen molar-refractivity contribution in [3.63, 3.8) is 0 Å². The number of rotatable bonds is 4. The van der Waals surface area contributed by atoms with Crippen LogP contribution in [0.15, 0.2) is 29.4 Å². The van der Waals surface area contributed by atoms with Crippen molar-refractivity contribution in [3.05, 3.63) is 24.4 Å². The molecular weight excluding hydrogens is 183 g/mol. The molecule has 0 amide bonds. The Hall–Kier alpha value is -0.470. The van der Waals surface area contributed by atoms with E-state index < -0.39 is 0 Å². The van der Waals surface area contributed by atoms with E-state index in [1.54, 1.807) is 12.3 Å². The summed E-state index contributed by atoms with van der Waals surface area (Å²) in [6.45, 7) is 3.56. The normalized spacial score (nSPS) is 13.3. The van der Waals surface area contributed by atoms with E-state index in [4.69, 9.17) is 28.9 Å². The molecule has 4 heteroatoms. The number of aliphatic imine (C=N–C) groups is 1. The molecule has 0 aliphatic rings. The van der Waals surface area contributed by atoms with Crippen LogP contribution in [0.1, 0.15) is 6.42 Å². The molecule has 0 atom stereocenters. The van der Waals surface area contributed by atoms with Gasteiger partial charge in [0.05, 0.1) is 0 Å². The lowest BCUT2D eigenvalue weighted by Crippen LogP contribution is -2.00. The summed E-state index contributed by atoms with van der Waals surface area (Å²) in [7, 11) is 0. The molecule has 0 radical (unpaired) electrons. The zero-order chi connectivity index (χ0) is 8.69. The van der Waals surface area contributed by atoms with E-state index in [1.165, 1.54) is 0 Å². The summed E-state index contributed by atoms with van der Waals surface area (Å²) in [5, 5.41) is 0.0108. The van der Waals surface area contributed by atoms with Crippen LogP contribution >= 0.6 is 23.2 Å². The number of nitrogens with zero attached hydrogens (tertiary/aromatic N) is 1. The molecule has 2 nitrogen and oxygen atoms in total. The van der Waals surface area contributed by atoms with Gasteiger partial charge in [-0.2, -0.15) is 0 Å². The molecule has 0 heterocycles. The maximum Gasteiger partial charge on any atom is 0.193 e. The number of amidine groups is 1. The molecule has 62 valence electrons. The molecule has 0 spiro atoms. The van der Waals surface area contributed by atoms with Crippen molar-refractivity contribution in [1.82, 2.24) is 0 Å². The van der Waals surface area contributed by atoms with Gasteiger partial charge < -0.3 is 5.73 Å². The van der Waals surface area contributed by atoms with Crippen LogP contribution in [0.25, 0.3) is 0 Å². The van der Waals surface area contributed by atoms with Crippen LogP contribution in [0, 0.1) is 0 Å². The Morgan fingerprint density at radius 1 is 1.64 bits per heavy atom. The van der Waals surface area contributed by atoms with Gasteiger partial charge in [0.25, 0.3) is 0 Å². The molecule has 0 bridgehead atoms. The lowest BCUT2D eigenvalue weighted by molar-refractivity contribution is 1.20. The second-order valence-electron chi connectivity index (χ2n) is 1.87. The minimum atomic E-state index is 0.0108. The molecular formula is C7H10Cl2N2. The summed E-state index contributed by atoms with van der Waals surface area (Å²) in [4.78, 5) is 3.68. The maximum absolute atomic E-state index is 5.56. The summed E-state index contributed by atoms with van der Waals surface area (Å²) in [5.41, 5.74) is 6.03. The average Bonchev–Trinajstić information content (AvgIpc) is 1.97. The van der Waals surface area contributed by atoms with E-state index in [9.17, 15) is 0 Å². The summed E-state index contributed by atoms with van der Waals surface area (Å²) < 4.78 is 0. The average molecular weight is 193 g/mol. The van der Waals surface area contributed by atoms with Gasteiger partial charge in [0.15, 0.2) is 5.29 Å². The molecule has 0 rings (SSSR count). The highest BCUT2D eigenvalue weighted by Gasteiger charge is 1.90. The minimum absolute atomic E-state index is 0.0108. The van der Waals surface area contributed by atoms with Crippen molar-refractivity contribution < 1.29 is 0 Å². The van der Waals surface area contributed by atoms with E-state index in [2.05, 4.69) is 11.6 Å². The largest absolute Gasteiger partial charge is 0.374 e. The number of alkyl halides is 1. The summed E-state index contributed by atoms with van der Waals surface area (Å²) >= 11 is 10.9. The number of hydrogen-bond donors (Lipinski definition) is 1. The zero-order valence-electron chi connectivity index (χ0n) is 6.06. The number of allylic oxidation sites excluding steroid dienone is 2. The quantitative estimate of drug-likeness (QED) is 0.240. The molecule has 0 aliphatic heterocycles. The van der Waals surface area contributed by atoms with Crippen LogP contribution in [0.3, 0.4) is 0 Å². The van der Waals surface area contributed by atoms with Crippen LogP contribution < -0.4 is 5.73 Å². The van der Waals surface area contributed by atoms with Crippen molar-refractivity contribution in [2.24, 2.45) is 10.7 Å². The first-order chi connectivity index (χ1) is 5.20. The van der Waals surface area contributed by atoms with E-state index in [0.717, 1.165) is 5.57 Å². The van der Waals surface area contributed by atoms with E-state index in [0.29, 0.717) is 12.3 Å². The zero-order valence-corrected chi connectivity index (χ0v) is 7.57. The van der Waals surface area contributed by atoms with Gasteiger partial charge in [0, 0.05) is 12.1 Å². The van der Waals surface area contributed by atoms with Gasteiger partial charge in [-0.25, -0.2) is 4.99 Å². The lowest BCUT2D eigenvalue weighted by Gasteiger charge is -1.94. The van der Waals surface area contributed by atoms with Gasteiger partial charge in [0.1, 0.15) is 0 Å². The second kappa shape index (κ2) is 6.25. The third-order valence-corrected chi connectivity index (χ3v) is 1.39. The summed E-state index contributed by atoms with van der Waals surface area (Å²) in [5.74, 6) is 0.416. The molecule has 0 saturated heterocycles. The van der Waals surface area contributed by atoms with Gasteiger partial charge in [0.2, 0.25) is 0 Å². The fourth-order valence-corrected chi connectivity index (χ4v) is 0.707. The monoisotopic (exact) mass is 192 g/mol. The Morgan fingerprint density at radius 2 is 2.27 bits per heavy atom. The predicted molar refractivity (Wildman–Crippen MR) is 51.1 cm³/mol. The Bertz CT molecular complexity index is 181. The van der Waals surface area contributed by atoms with Gasteiger partial charge in [-0.3, -0.25) is 0 Å².